The Morgan fingerprint density at radius 1 is 1.32 bits per heavy atom. The van der Waals surface area contributed by atoms with Crippen LogP contribution in [0, 0.1) is 11.3 Å². The highest BCUT2D eigenvalue weighted by Crippen LogP contribution is 2.27. The van der Waals surface area contributed by atoms with Crippen molar-refractivity contribution < 1.29 is 14.3 Å². The van der Waals surface area contributed by atoms with E-state index in [2.05, 4.69) is 0 Å². The summed E-state index contributed by atoms with van der Waals surface area (Å²) < 4.78 is 10.3. The van der Waals surface area contributed by atoms with E-state index in [1.807, 2.05) is 19.1 Å². The summed E-state index contributed by atoms with van der Waals surface area (Å²) in [5.74, 6) is 1.15. The Labute approximate surface area is 113 Å². The first kappa shape index (κ1) is 14.8. The number of hydrogen-bond acceptors (Lipinski definition) is 4. The quantitative estimate of drug-likeness (QED) is 0.731. The van der Waals surface area contributed by atoms with Gasteiger partial charge in [-0.05, 0) is 24.6 Å². The lowest BCUT2D eigenvalue weighted by atomic mass is 10.1. The average Bonchev–Trinajstić information content (AvgIpc) is 2.44. The first-order chi connectivity index (χ1) is 9.15. The molecule has 102 valence electrons. The minimum Gasteiger partial charge on any atom is -0.493 e. The molecular formula is C14H18N2O3. The molecule has 19 heavy (non-hydrogen) atoms. The van der Waals surface area contributed by atoms with E-state index in [0.717, 1.165) is 5.56 Å². The summed E-state index contributed by atoms with van der Waals surface area (Å²) in [6.07, 6.45) is 0.246. The minimum absolute atomic E-state index is 0.0729. The van der Waals surface area contributed by atoms with E-state index >= 15 is 0 Å². The largest absolute Gasteiger partial charge is 0.493 e. The van der Waals surface area contributed by atoms with Gasteiger partial charge in [0.25, 0.3) is 0 Å². The Balaban J connectivity index is 2.82. The van der Waals surface area contributed by atoms with Gasteiger partial charge < -0.3 is 14.4 Å². The van der Waals surface area contributed by atoms with Crippen molar-refractivity contribution >= 4 is 5.91 Å². The van der Waals surface area contributed by atoms with Gasteiger partial charge in [-0.2, -0.15) is 5.26 Å². The molecule has 1 rings (SSSR count). The highest BCUT2D eigenvalue weighted by molar-refractivity contribution is 5.79. The van der Waals surface area contributed by atoms with Gasteiger partial charge in [0.1, 0.15) is 6.54 Å². The predicted molar refractivity (Wildman–Crippen MR) is 71.1 cm³/mol. The number of hydrogen-bond donors (Lipinski definition) is 0. The third-order valence-corrected chi connectivity index (χ3v) is 2.80. The highest BCUT2D eigenvalue weighted by Gasteiger charge is 2.13. The van der Waals surface area contributed by atoms with Crippen LogP contribution in [0.25, 0.3) is 0 Å². The summed E-state index contributed by atoms with van der Waals surface area (Å²) in [7, 11) is 3.12. The monoisotopic (exact) mass is 262 g/mol. The maximum atomic E-state index is 12.0. The van der Waals surface area contributed by atoms with E-state index in [1.54, 1.807) is 26.4 Å². The highest BCUT2D eigenvalue weighted by atomic mass is 16.5. The molecule has 0 bridgehead atoms. The van der Waals surface area contributed by atoms with Crippen LogP contribution in [0.5, 0.6) is 11.5 Å². The number of nitriles is 1. The Hall–Kier alpha value is -2.22. The molecule has 0 aliphatic heterocycles. The molecule has 5 heteroatoms. The van der Waals surface area contributed by atoms with Gasteiger partial charge in [0, 0.05) is 6.54 Å². The zero-order chi connectivity index (χ0) is 14.3. The van der Waals surface area contributed by atoms with E-state index < -0.39 is 0 Å². The van der Waals surface area contributed by atoms with E-state index in [9.17, 15) is 4.79 Å². The lowest BCUT2D eigenvalue weighted by molar-refractivity contribution is -0.129. The molecule has 1 aromatic rings. The molecule has 0 aliphatic rings. The van der Waals surface area contributed by atoms with Gasteiger partial charge in [-0.3, -0.25) is 4.79 Å². The number of amides is 1. The van der Waals surface area contributed by atoms with E-state index in [-0.39, 0.29) is 18.9 Å². The number of nitrogens with zero attached hydrogens (tertiary/aromatic N) is 2. The van der Waals surface area contributed by atoms with Crippen molar-refractivity contribution in [3.8, 4) is 17.6 Å². The Kier molecular flexibility index (Phi) is 5.68. The maximum Gasteiger partial charge on any atom is 0.227 e. The van der Waals surface area contributed by atoms with Crippen molar-refractivity contribution in [3.63, 3.8) is 0 Å². The molecule has 0 saturated carbocycles. The fraction of sp³-hybridized carbons (Fsp3) is 0.429. The number of methoxy groups -OCH3 is 2. The number of rotatable bonds is 6. The summed E-state index contributed by atoms with van der Waals surface area (Å²) in [4.78, 5) is 13.5. The summed E-state index contributed by atoms with van der Waals surface area (Å²) in [6.45, 7) is 2.49. The number of ether oxygens (including phenoxy) is 2. The van der Waals surface area contributed by atoms with Gasteiger partial charge >= 0.3 is 0 Å². The summed E-state index contributed by atoms with van der Waals surface area (Å²) >= 11 is 0. The summed E-state index contributed by atoms with van der Waals surface area (Å²) in [5.41, 5.74) is 0.832. The molecule has 0 atom stereocenters. The van der Waals surface area contributed by atoms with E-state index in [1.165, 1.54) is 4.90 Å². The molecule has 0 saturated heterocycles. The normalized spacial score (nSPS) is 9.58. The molecule has 0 N–H and O–H groups in total. The van der Waals surface area contributed by atoms with Crippen molar-refractivity contribution in [2.75, 3.05) is 27.3 Å². The molecule has 1 aromatic carbocycles. The third-order valence-electron chi connectivity index (χ3n) is 2.80. The second kappa shape index (κ2) is 7.27. The molecule has 1 amide bonds. The smallest absolute Gasteiger partial charge is 0.227 e. The van der Waals surface area contributed by atoms with Crippen LogP contribution in [0.4, 0.5) is 0 Å². The van der Waals surface area contributed by atoms with Crippen molar-refractivity contribution in [2.45, 2.75) is 13.3 Å². The Morgan fingerprint density at radius 3 is 2.53 bits per heavy atom. The van der Waals surface area contributed by atoms with Crippen molar-refractivity contribution in [1.82, 2.24) is 4.90 Å². The van der Waals surface area contributed by atoms with Crippen LogP contribution < -0.4 is 9.47 Å². The third kappa shape index (κ3) is 3.88. The fourth-order valence-corrected chi connectivity index (χ4v) is 1.74. The molecule has 0 unspecified atom stereocenters. The zero-order valence-corrected chi connectivity index (χ0v) is 11.5. The fourth-order valence-electron chi connectivity index (χ4n) is 1.74. The standard InChI is InChI=1S/C14H18N2O3/c1-4-16(8-7-15)14(17)10-11-5-6-12(18-2)13(9-11)19-3/h5-6,9H,4,8,10H2,1-3H3. The lowest BCUT2D eigenvalue weighted by Crippen LogP contribution is -2.32. The summed E-state index contributed by atoms with van der Waals surface area (Å²) in [5, 5.41) is 8.65. The molecule has 0 heterocycles. The Bertz CT molecular complexity index is 480. The van der Waals surface area contributed by atoms with Crippen molar-refractivity contribution in [2.24, 2.45) is 0 Å². The molecule has 0 aromatic heterocycles. The first-order valence-electron chi connectivity index (χ1n) is 6.01. The van der Waals surface area contributed by atoms with Gasteiger partial charge in [-0.1, -0.05) is 6.07 Å². The number of likely N-dealkylation sites (N-methyl/N-ethyl adjacent to an activating group) is 1. The van der Waals surface area contributed by atoms with Crippen LogP contribution >= 0.6 is 0 Å². The molecule has 0 aliphatic carbocycles. The van der Waals surface area contributed by atoms with Gasteiger partial charge in [-0.15, -0.1) is 0 Å². The summed E-state index contributed by atoms with van der Waals surface area (Å²) in [6, 6.07) is 7.35. The van der Waals surface area contributed by atoms with Crippen LogP contribution in [0.15, 0.2) is 18.2 Å². The van der Waals surface area contributed by atoms with E-state index in [4.69, 9.17) is 14.7 Å². The predicted octanol–water partition coefficient (Wildman–Crippen LogP) is 1.62. The van der Waals surface area contributed by atoms with Crippen LogP contribution in [0.1, 0.15) is 12.5 Å². The molecule has 0 spiro atoms. The number of carbonyl (C=O) groups is 1. The second-order valence-electron chi connectivity index (χ2n) is 3.93. The topological polar surface area (TPSA) is 62.6 Å². The van der Waals surface area contributed by atoms with E-state index in [0.29, 0.717) is 18.0 Å². The zero-order valence-electron chi connectivity index (χ0n) is 11.5. The van der Waals surface area contributed by atoms with Crippen molar-refractivity contribution in [1.29, 1.82) is 5.26 Å². The molecule has 5 nitrogen and oxygen atoms in total. The number of carbonyl (C=O) groups excluding carboxylic acids is 1. The number of benzene rings is 1. The van der Waals surface area contributed by atoms with Gasteiger partial charge in [0.2, 0.25) is 5.91 Å². The maximum absolute atomic E-state index is 12.0. The van der Waals surface area contributed by atoms with Gasteiger partial charge in [-0.25, -0.2) is 0 Å². The van der Waals surface area contributed by atoms with Crippen LogP contribution in [-0.4, -0.2) is 38.1 Å². The van der Waals surface area contributed by atoms with Crippen LogP contribution in [0.2, 0.25) is 0 Å². The molecule has 0 fully saturated rings. The molecular weight excluding hydrogens is 244 g/mol. The molecule has 0 radical (unpaired) electrons. The van der Waals surface area contributed by atoms with Crippen molar-refractivity contribution in [3.05, 3.63) is 23.8 Å². The first-order valence-corrected chi connectivity index (χ1v) is 6.01. The average molecular weight is 262 g/mol. The minimum atomic E-state index is -0.0729. The second-order valence-corrected chi connectivity index (χ2v) is 3.93. The Morgan fingerprint density at radius 2 is 2.00 bits per heavy atom. The van der Waals surface area contributed by atoms with Gasteiger partial charge in [0.05, 0.1) is 26.7 Å². The van der Waals surface area contributed by atoms with Gasteiger partial charge in [0.15, 0.2) is 11.5 Å². The lowest BCUT2D eigenvalue weighted by Gasteiger charge is -2.17. The van der Waals surface area contributed by atoms with Crippen LogP contribution in [-0.2, 0) is 11.2 Å². The SMILES string of the molecule is CCN(CC#N)C(=O)Cc1ccc(OC)c(OC)c1. The van der Waals surface area contributed by atoms with Crippen LogP contribution in [0.3, 0.4) is 0 Å².